The van der Waals surface area contributed by atoms with Crippen LogP contribution in [0, 0.1) is 5.82 Å². The van der Waals surface area contributed by atoms with Crippen molar-refractivity contribution in [2.24, 2.45) is 0 Å². The van der Waals surface area contributed by atoms with Gasteiger partial charge in [-0.1, -0.05) is 0 Å². The Balaban J connectivity index is 1.66. The normalized spacial score (nSPS) is 17.7. The first-order valence-corrected chi connectivity index (χ1v) is 9.25. The molecule has 0 saturated carbocycles. The van der Waals surface area contributed by atoms with Gasteiger partial charge in [0.05, 0.1) is 0 Å². The van der Waals surface area contributed by atoms with Gasteiger partial charge in [-0.2, -0.15) is 0 Å². The van der Waals surface area contributed by atoms with Gasteiger partial charge in [0.25, 0.3) is 5.91 Å². The first-order valence-electron chi connectivity index (χ1n) is 9.25. The lowest BCUT2D eigenvalue weighted by atomic mass is 9.96. The Labute approximate surface area is 154 Å². The summed E-state index contributed by atoms with van der Waals surface area (Å²) in [6.45, 7) is 3.39. The van der Waals surface area contributed by atoms with Gasteiger partial charge in [-0.15, -0.1) is 0 Å². The van der Waals surface area contributed by atoms with Crippen LogP contribution in [0.2, 0.25) is 0 Å². The van der Waals surface area contributed by atoms with Gasteiger partial charge in [0.2, 0.25) is 0 Å². The molecule has 26 heavy (non-hydrogen) atoms. The van der Waals surface area contributed by atoms with E-state index in [1.807, 2.05) is 17.3 Å². The zero-order valence-electron chi connectivity index (χ0n) is 15.6. The topological polar surface area (TPSA) is 41.4 Å². The van der Waals surface area contributed by atoms with Gasteiger partial charge in [0.15, 0.2) is 0 Å². The lowest BCUT2D eigenvalue weighted by Gasteiger charge is -2.33. The number of hydrogen-bond donors (Lipinski definition) is 0. The first-order chi connectivity index (χ1) is 12.5. The highest BCUT2D eigenvalue weighted by Gasteiger charge is 2.28. The Morgan fingerprint density at radius 2 is 2.08 bits per heavy atom. The second kappa shape index (κ2) is 8.45. The highest BCUT2D eigenvalue weighted by Crippen LogP contribution is 2.27. The van der Waals surface area contributed by atoms with Crippen molar-refractivity contribution in [1.82, 2.24) is 19.4 Å². The molecule has 1 saturated heterocycles. The fourth-order valence-corrected chi connectivity index (χ4v) is 3.57. The maximum absolute atomic E-state index is 13.1. The van der Waals surface area contributed by atoms with Crippen LogP contribution in [0.4, 0.5) is 4.39 Å². The molecular weight excluding hydrogens is 331 g/mol. The standard InChI is InChI=1S/C20H27FN4O/c1-23(2)11-4-13-24-14-10-22-19(24)17-5-3-12-25(15-17)20(26)16-6-8-18(21)9-7-16/h6-10,14,17H,3-5,11-13,15H2,1-2H3. The average Bonchev–Trinajstić information content (AvgIpc) is 3.10. The van der Waals surface area contributed by atoms with E-state index in [0.29, 0.717) is 12.1 Å². The van der Waals surface area contributed by atoms with Gasteiger partial charge >= 0.3 is 0 Å². The third-order valence-electron chi connectivity index (χ3n) is 4.92. The molecule has 3 rings (SSSR count). The maximum atomic E-state index is 13.1. The van der Waals surface area contributed by atoms with Crippen molar-refractivity contribution >= 4 is 5.91 Å². The van der Waals surface area contributed by atoms with Crippen LogP contribution in [0.5, 0.6) is 0 Å². The number of rotatable bonds is 6. The number of nitrogens with zero attached hydrogens (tertiary/aromatic N) is 4. The number of aryl methyl sites for hydroxylation is 1. The van der Waals surface area contributed by atoms with Gasteiger partial charge < -0.3 is 14.4 Å². The first kappa shape index (κ1) is 18.6. The Kier molecular flexibility index (Phi) is 6.04. The van der Waals surface area contributed by atoms with Crippen molar-refractivity contribution in [3.8, 4) is 0 Å². The number of carbonyl (C=O) groups excluding carboxylic acids is 1. The minimum absolute atomic E-state index is 0.0274. The summed E-state index contributed by atoms with van der Waals surface area (Å²) in [5, 5.41) is 0. The van der Waals surface area contributed by atoms with Crippen LogP contribution >= 0.6 is 0 Å². The van der Waals surface area contributed by atoms with Crippen molar-refractivity contribution in [1.29, 1.82) is 0 Å². The zero-order chi connectivity index (χ0) is 18.5. The third kappa shape index (κ3) is 4.49. The monoisotopic (exact) mass is 358 g/mol. The van der Waals surface area contributed by atoms with E-state index in [0.717, 1.165) is 44.7 Å². The van der Waals surface area contributed by atoms with E-state index in [-0.39, 0.29) is 17.6 Å². The minimum atomic E-state index is -0.321. The van der Waals surface area contributed by atoms with E-state index in [9.17, 15) is 9.18 Å². The van der Waals surface area contributed by atoms with Crippen LogP contribution < -0.4 is 0 Å². The number of amides is 1. The van der Waals surface area contributed by atoms with E-state index in [2.05, 4.69) is 28.5 Å². The van der Waals surface area contributed by atoms with Crippen molar-refractivity contribution in [2.45, 2.75) is 31.7 Å². The Morgan fingerprint density at radius 3 is 2.81 bits per heavy atom. The van der Waals surface area contributed by atoms with E-state index in [4.69, 9.17) is 0 Å². The molecule has 2 heterocycles. The number of likely N-dealkylation sites (tertiary alicyclic amines) is 1. The summed E-state index contributed by atoms with van der Waals surface area (Å²) < 4.78 is 15.3. The predicted molar refractivity (Wildman–Crippen MR) is 99.7 cm³/mol. The SMILES string of the molecule is CN(C)CCCn1ccnc1C1CCCN(C(=O)c2ccc(F)cc2)C1. The largest absolute Gasteiger partial charge is 0.338 e. The molecule has 1 atom stereocenters. The molecule has 1 unspecified atom stereocenters. The molecule has 0 radical (unpaired) electrons. The molecule has 140 valence electrons. The number of piperidine rings is 1. The molecule has 1 amide bonds. The van der Waals surface area contributed by atoms with E-state index >= 15 is 0 Å². The third-order valence-corrected chi connectivity index (χ3v) is 4.92. The molecule has 5 nitrogen and oxygen atoms in total. The molecule has 1 aromatic heterocycles. The number of halogens is 1. The number of benzene rings is 1. The van der Waals surface area contributed by atoms with Crippen LogP contribution in [0.25, 0.3) is 0 Å². The van der Waals surface area contributed by atoms with Gasteiger partial charge in [-0.05, 0) is 64.2 Å². The molecule has 6 heteroatoms. The van der Waals surface area contributed by atoms with Crippen molar-refractivity contribution in [3.63, 3.8) is 0 Å². The van der Waals surface area contributed by atoms with Crippen molar-refractivity contribution < 1.29 is 9.18 Å². The van der Waals surface area contributed by atoms with Crippen LogP contribution in [0.1, 0.15) is 41.4 Å². The molecular formula is C20H27FN4O. The van der Waals surface area contributed by atoms with Crippen LogP contribution in [0.15, 0.2) is 36.7 Å². The van der Waals surface area contributed by atoms with Gasteiger partial charge in [0, 0.05) is 43.5 Å². The van der Waals surface area contributed by atoms with Crippen molar-refractivity contribution in [2.75, 3.05) is 33.7 Å². The number of hydrogen-bond acceptors (Lipinski definition) is 3. The second-order valence-corrected chi connectivity index (χ2v) is 7.23. The lowest BCUT2D eigenvalue weighted by molar-refractivity contribution is 0.0703. The quantitative estimate of drug-likeness (QED) is 0.797. The summed E-state index contributed by atoms with van der Waals surface area (Å²) in [5.74, 6) is 0.973. The smallest absolute Gasteiger partial charge is 0.253 e. The molecule has 1 aliphatic rings. The second-order valence-electron chi connectivity index (χ2n) is 7.23. The van der Waals surface area contributed by atoms with E-state index < -0.39 is 0 Å². The number of aromatic nitrogens is 2. The molecule has 1 aliphatic heterocycles. The summed E-state index contributed by atoms with van der Waals surface area (Å²) in [7, 11) is 4.16. The van der Waals surface area contributed by atoms with Gasteiger partial charge in [0.1, 0.15) is 11.6 Å². The van der Waals surface area contributed by atoms with E-state index in [1.54, 1.807) is 12.1 Å². The summed E-state index contributed by atoms with van der Waals surface area (Å²) in [6.07, 6.45) is 6.96. The Hall–Kier alpha value is -2.21. The fraction of sp³-hybridized carbons (Fsp3) is 0.500. The van der Waals surface area contributed by atoms with Crippen LogP contribution in [0.3, 0.4) is 0 Å². The Morgan fingerprint density at radius 1 is 1.31 bits per heavy atom. The van der Waals surface area contributed by atoms with Crippen molar-refractivity contribution in [3.05, 3.63) is 53.9 Å². The lowest BCUT2D eigenvalue weighted by Crippen LogP contribution is -2.39. The van der Waals surface area contributed by atoms with Gasteiger partial charge in [-0.25, -0.2) is 9.37 Å². The zero-order valence-corrected chi connectivity index (χ0v) is 15.6. The molecule has 0 bridgehead atoms. The summed E-state index contributed by atoms with van der Waals surface area (Å²) >= 11 is 0. The fourth-order valence-electron chi connectivity index (χ4n) is 3.57. The average molecular weight is 358 g/mol. The molecule has 2 aromatic rings. The summed E-state index contributed by atoms with van der Waals surface area (Å²) in [5.41, 5.74) is 0.543. The highest BCUT2D eigenvalue weighted by atomic mass is 19.1. The maximum Gasteiger partial charge on any atom is 0.253 e. The molecule has 0 N–H and O–H groups in total. The predicted octanol–water partition coefficient (Wildman–Crippen LogP) is 2.99. The summed E-state index contributed by atoms with van der Waals surface area (Å²) in [6, 6.07) is 5.80. The molecule has 0 aliphatic carbocycles. The number of carbonyl (C=O) groups is 1. The minimum Gasteiger partial charge on any atom is -0.338 e. The summed E-state index contributed by atoms with van der Waals surface area (Å²) in [4.78, 5) is 21.4. The van der Waals surface area contributed by atoms with Crippen LogP contribution in [-0.2, 0) is 6.54 Å². The number of imidazole rings is 1. The Bertz CT molecular complexity index is 726. The van der Waals surface area contributed by atoms with Crippen LogP contribution in [-0.4, -0.2) is 59.0 Å². The highest BCUT2D eigenvalue weighted by molar-refractivity contribution is 5.94. The van der Waals surface area contributed by atoms with Gasteiger partial charge in [-0.3, -0.25) is 4.79 Å². The molecule has 0 spiro atoms. The molecule has 1 aromatic carbocycles. The molecule has 1 fully saturated rings. The van der Waals surface area contributed by atoms with E-state index in [1.165, 1.54) is 12.1 Å².